The maximum atomic E-state index is 12.1. The van der Waals surface area contributed by atoms with Crippen molar-refractivity contribution in [2.45, 2.75) is 12.8 Å². The third kappa shape index (κ3) is 5.50. The summed E-state index contributed by atoms with van der Waals surface area (Å²) in [5, 5.41) is 0. The van der Waals surface area contributed by atoms with E-state index < -0.39 is 17.8 Å². The Morgan fingerprint density at radius 2 is 1.52 bits per heavy atom. The molecule has 0 radical (unpaired) electrons. The smallest absolute Gasteiger partial charge is 0.343 e. The lowest BCUT2D eigenvalue weighted by Gasteiger charge is -2.09. The van der Waals surface area contributed by atoms with E-state index in [-0.39, 0.29) is 18.4 Å². The Kier molecular flexibility index (Phi) is 6.95. The maximum Gasteiger partial charge on any atom is 0.343 e. The predicted molar refractivity (Wildman–Crippen MR) is 98.2 cm³/mol. The van der Waals surface area contributed by atoms with Gasteiger partial charge < -0.3 is 21.9 Å². The summed E-state index contributed by atoms with van der Waals surface area (Å²) in [5.74, 6) is -1.02. The van der Waals surface area contributed by atoms with Gasteiger partial charge in [0.2, 0.25) is 5.91 Å². The van der Waals surface area contributed by atoms with E-state index in [2.05, 4.69) is 4.99 Å². The van der Waals surface area contributed by atoms with Crippen LogP contribution in [0.4, 0.5) is 5.69 Å². The molecule has 7 nitrogen and oxygen atoms in total. The maximum absolute atomic E-state index is 12.1. The minimum absolute atomic E-state index is 0. The van der Waals surface area contributed by atoms with Gasteiger partial charge in [0.15, 0.2) is 5.96 Å². The lowest BCUT2D eigenvalue weighted by molar-refractivity contribution is -0.119. The quantitative estimate of drug-likeness (QED) is 0.323. The minimum Gasteiger partial charge on any atom is -0.423 e. The number of nitrogens with zero attached hydrogens (tertiary/aromatic N) is 1. The Balaban J connectivity index is 0.00000312. The summed E-state index contributed by atoms with van der Waals surface area (Å²) in [6.45, 7) is 1.71. The van der Waals surface area contributed by atoms with Crippen molar-refractivity contribution < 1.29 is 14.3 Å². The fourth-order valence-corrected chi connectivity index (χ4v) is 1.98. The molecule has 25 heavy (non-hydrogen) atoms. The van der Waals surface area contributed by atoms with Crippen molar-refractivity contribution >= 4 is 35.9 Å². The monoisotopic (exact) mass is 362 g/mol. The van der Waals surface area contributed by atoms with Crippen molar-refractivity contribution in [2.24, 2.45) is 22.2 Å². The average molecular weight is 363 g/mol. The molecule has 2 rings (SSSR count). The van der Waals surface area contributed by atoms with E-state index in [1.165, 1.54) is 0 Å². The summed E-state index contributed by atoms with van der Waals surface area (Å²) >= 11 is 0. The number of primary amides is 1. The van der Waals surface area contributed by atoms with Gasteiger partial charge in [-0.3, -0.25) is 4.79 Å². The summed E-state index contributed by atoms with van der Waals surface area (Å²) in [4.78, 5) is 27.1. The van der Waals surface area contributed by atoms with Gasteiger partial charge in [-0.25, -0.2) is 9.79 Å². The van der Waals surface area contributed by atoms with Gasteiger partial charge in [0.25, 0.3) is 0 Å². The first-order chi connectivity index (χ1) is 11.4. The van der Waals surface area contributed by atoms with Crippen LogP contribution < -0.4 is 21.9 Å². The van der Waals surface area contributed by atoms with Crippen LogP contribution in [0.1, 0.15) is 28.8 Å². The van der Waals surface area contributed by atoms with Crippen LogP contribution in [-0.4, -0.2) is 17.8 Å². The molecule has 2 aromatic carbocycles. The Labute approximate surface area is 151 Å². The first-order valence-corrected chi connectivity index (χ1v) is 7.18. The number of aliphatic imine (C=N–C) groups is 1. The zero-order valence-electron chi connectivity index (χ0n) is 13.5. The molecular formula is C17H19ClN4O3. The number of hydrogen-bond acceptors (Lipinski definition) is 4. The van der Waals surface area contributed by atoms with E-state index in [0.29, 0.717) is 17.0 Å². The molecule has 0 saturated heterocycles. The molecule has 0 saturated carbocycles. The van der Waals surface area contributed by atoms with Crippen LogP contribution in [0.2, 0.25) is 0 Å². The second-order valence-electron chi connectivity index (χ2n) is 5.17. The van der Waals surface area contributed by atoms with Crippen LogP contribution >= 0.6 is 12.4 Å². The normalized spacial score (nSPS) is 10.9. The van der Waals surface area contributed by atoms with Gasteiger partial charge in [-0.2, -0.15) is 0 Å². The van der Waals surface area contributed by atoms with E-state index >= 15 is 0 Å². The van der Waals surface area contributed by atoms with E-state index in [1.807, 2.05) is 0 Å². The Bertz CT molecular complexity index is 769. The van der Waals surface area contributed by atoms with Gasteiger partial charge in [-0.05, 0) is 48.9 Å². The van der Waals surface area contributed by atoms with Crippen LogP contribution in [0.5, 0.6) is 5.75 Å². The molecule has 0 aliphatic carbocycles. The Morgan fingerprint density at radius 1 is 0.960 bits per heavy atom. The predicted octanol–water partition coefficient (Wildman–Crippen LogP) is 1.82. The van der Waals surface area contributed by atoms with E-state index in [0.717, 1.165) is 5.56 Å². The highest BCUT2D eigenvalue weighted by Gasteiger charge is 2.13. The topological polar surface area (TPSA) is 134 Å². The number of hydrogen-bond donors (Lipinski definition) is 3. The first kappa shape index (κ1) is 20.0. The molecule has 132 valence electrons. The highest BCUT2D eigenvalue weighted by molar-refractivity contribution is 5.91. The largest absolute Gasteiger partial charge is 0.423 e. The molecule has 0 aliphatic rings. The summed E-state index contributed by atoms with van der Waals surface area (Å²) in [5.41, 5.74) is 17.5. The van der Waals surface area contributed by atoms with Crippen molar-refractivity contribution in [3.8, 4) is 5.75 Å². The molecule has 2 aromatic rings. The summed E-state index contributed by atoms with van der Waals surface area (Å²) in [7, 11) is 0. The minimum atomic E-state index is -0.512. The number of benzene rings is 2. The number of esters is 1. The number of halogens is 1. The van der Waals surface area contributed by atoms with Crippen molar-refractivity contribution in [1.82, 2.24) is 0 Å². The van der Waals surface area contributed by atoms with Gasteiger partial charge in [-0.15, -0.1) is 12.4 Å². The lowest BCUT2D eigenvalue weighted by Crippen LogP contribution is -2.21. The highest BCUT2D eigenvalue weighted by Crippen LogP contribution is 2.20. The van der Waals surface area contributed by atoms with Gasteiger partial charge >= 0.3 is 5.97 Å². The van der Waals surface area contributed by atoms with Crippen LogP contribution in [-0.2, 0) is 4.79 Å². The van der Waals surface area contributed by atoms with Crippen molar-refractivity contribution in [3.05, 3.63) is 59.7 Å². The Hall–Kier alpha value is -3.06. The second-order valence-corrected chi connectivity index (χ2v) is 5.17. The summed E-state index contributed by atoms with van der Waals surface area (Å²) < 4.78 is 5.28. The van der Waals surface area contributed by atoms with Gasteiger partial charge in [0.05, 0.1) is 17.2 Å². The second kappa shape index (κ2) is 8.70. The van der Waals surface area contributed by atoms with E-state index in [1.54, 1.807) is 55.5 Å². The first-order valence-electron chi connectivity index (χ1n) is 7.18. The van der Waals surface area contributed by atoms with Crippen molar-refractivity contribution in [1.29, 1.82) is 0 Å². The molecule has 1 amide bonds. The molecular weight excluding hydrogens is 344 g/mol. The van der Waals surface area contributed by atoms with Gasteiger partial charge in [0, 0.05) is 0 Å². The van der Waals surface area contributed by atoms with Gasteiger partial charge in [0.1, 0.15) is 5.75 Å². The number of amides is 1. The molecule has 0 fully saturated rings. The van der Waals surface area contributed by atoms with Crippen molar-refractivity contribution in [3.63, 3.8) is 0 Å². The number of guanidine groups is 1. The highest BCUT2D eigenvalue weighted by atomic mass is 35.5. The zero-order chi connectivity index (χ0) is 17.7. The molecule has 0 spiro atoms. The molecule has 1 unspecified atom stereocenters. The van der Waals surface area contributed by atoms with Gasteiger partial charge in [-0.1, -0.05) is 12.1 Å². The third-order valence-electron chi connectivity index (χ3n) is 3.38. The summed E-state index contributed by atoms with van der Waals surface area (Å²) in [6, 6.07) is 12.9. The molecule has 0 heterocycles. The van der Waals surface area contributed by atoms with E-state index in [9.17, 15) is 9.59 Å². The fourth-order valence-electron chi connectivity index (χ4n) is 1.98. The summed E-state index contributed by atoms with van der Waals surface area (Å²) in [6.07, 6.45) is 0. The average Bonchev–Trinajstić information content (AvgIpc) is 2.55. The lowest BCUT2D eigenvalue weighted by atomic mass is 10.0. The van der Waals surface area contributed by atoms with Crippen molar-refractivity contribution in [2.75, 3.05) is 0 Å². The van der Waals surface area contributed by atoms with Crippen LogP contribution in [0.25, 0.3) is 0 Å². The standard InChI is InChI=1S/C17H18N4O3.ClH/c1-10(15(18)22)11-4-8-14(9-5-11)24-16(23)12-2-6-13(7-3-12)21-17(19)20;/h2-10H,1H3,(H2,18,22)(H4,19,20,21);1H. The van der Waals surface area contributed by atoms with E-state index in [4.69, 9.17) is 21.9 Å². The molecule has 0 aromatic heterocycles. The zero-order valence-corrected chi connectivity index (χ0v) is 14.3. The SMILES string of the molecule is CC(C(N)=O)c1ccc(OC(=O)c2ccc(N=C(N)N)cc2)cc1.Cl. The van der Waals surface area contributed by atoms with Crippen LogP contribution in [0.15, 0.2) is 53.5 Å². The van der Waals surface area contributed by atoms with Crippen LogP contribution in [0.3, 0.4) is 0 Å². The number of nitrogens with two attached hydrogens (primary N) is 3. The Morgan fingerprint density at radius 3 is 2.00 bits per heavy atom. The number of carbonyl (C=O) groups is 2. The molecule has 0 bridgehead atoms. The third-order valence-corrected chi connectivity index (χ3v) is 3.38. The molecule has 0 aliphatic heterocycles. The molecule has 6 N–H and O–H groups in total. The number of rotatable bonds is 5. The fraction of sp³-hybridized carbons (Fsp3) is 0.118. The number of ether oxygens (including phenoxy) is 1. The van der Waals surface area contributed by atoms with Crippen LogP contribution in [0, 0.1) is 0 Å². The molecule has 1 atom stereocenters. The number of carbonyl (C=O) groups excluding carboxylic acids is 2. The molecule has 8 heteroatoms.